The average molecular weight is 360 g/mol. The zero-order chi connectivity index (χ0) is 17.7. The molecule has 132 valence electrons. The van der Waals surface area contributed by atoms with E-state index in [1.54, 1.807) is 24.7 Å². The Kier molecular flexibility index (Phi) is 6.16. The number of hydrogen-bond donors (Lipinski definition) is 2. The Morgan fingerprint density at radius 3 is 2.92 bits per heavy atom. The van der Waals surface area contributed by atoms with E-state index in [9.17, 15) is 9.90 Å². The van der Waals surface area contributed by atoms with E-state index >= 15 is 0 Å². The van der Waals surface area contributed by atoms with Crippen molar-refractivity contribution < 1.29 is 19.4 Å². The second-order valence-corrected chi connectivity index (χ2v) is 5.91. The first-order chi connectivity index (χ1) is 11.4. The van der Waals surface area contributed by atoms with Crippen molar-refractivity contribution in [3.05, 3.63) is 11.5 Å². The Morgan fingerprint density at radius 1 is 1.50 bits per heavy atom. The van der Waals surface area contributed by atoms with Crippen LogP contribution < -0.4 is 5.73 Å². The summed E-state index contributed by atoms with van der Waals surface area (Å²) < 4.78 is 11.6. The number of rotatable bonds is 7. The van der Waals surface area contributed by atoms with Crippen LogP contribution in [0.1, 0.15) is 20.3 Å². The van der Waals surface area contributed by atoms with Gasteiger partial charge in [0, 0.05) is 19.1 Å². The van der Waals surface area contributed by atoms with Crippen molar-refractivity contribution in [2.75, 3.05) is 18.9 Å². The number of aromatic nitrogens is 4. The van der Waals surface area contributed by atoms with Crippen molar-refractivity contribution in [1.29, 1.82) is 0 Å². The van der Waals surface area contributed by atoms with Gasteiger partial charge in [0.25, 0.3) is 0 Å². The number of carbonyl (C=O) groups is 1. The number of nitrogens with zero attached hydrogens (tertiary/aromatic N) is 4. The fourth-order valence-electron chi connectivity index (χ4n) is 2.05. The number of imidazole rings is 1. The fraction of sp³-hybridized carbons (Fsp3) is 0.571. The molecule has 1 atom stereocenters. The summed E-state index contributed by atoms with van der Waals surface area (Å²) in [4.78, 5) is 23.5. The smallest absolute Gasteiger partial charge is 0.434 e. The highest BCUT2D eigenvalue weighted by Gasteiger charge is 2.15. The SMILES string of the molecule is CC(C)OC(=O)OCC(CCn1cnc2c(Cl)nc(N)nc21)[14CH2]O. The summed E-state index contributed by atoms with van der Waals surface area (Å²) in [6, 6.07) is 0. The van der Waals surface area contributed by atoms with Crippen molar-refractivity contribution >= 4 is 34.9 Å². The van der Waals surface area contributed by atoms with E-state index in [0.717, 1.165) is 0 Å². The molecule has 3 N–H and O–H groups in total. The average Bonchev–Trinajstić information content (AvgIpc) is 2.90. The maximum absolute atomic E-state index is 11.4. The molecule has 0 aliphatic rings. The quantitative estimate of drug-likeness (QED) is 0.564. The first-order valence-electron chi connectivity index (χ1n) is 7.48. The molecule has 2 aromatic rings. The third-order valence-electron chi connectivity index (χ3n) is 3.24. The molecule has 0 aliphatic carbocycles. The Balaban J connectivity index is 1.95. The molecule has 1 unspecified atom stereocenters. The molecule has 2 heterocycles. The normalized spacial score (nSPS) is 12.5. The van der Waals surface area contributed by atoms with Gasteiger partial charge in [-0.1, -0.05) is 11.6 Å². The summed E-state index contributed by atoms with van der Waals surface area (Å²) in [5.41, 5.74) is 6.58. The van der Waals surface area contributed by atoms with Gasteiger partial charge in [-0.05, 0) is 20.3 Å². The minimum atomic E-state index is -0.746. The van der Waals surface area contributed by atoms with Gasteiger partial charge < -0.3 is 24.9 Å². The molecule has 0 spiro atoms. The van der Waals surface area contributed by atoms with Crippen LogP contribution in [-0.2, 0) is 16.0 Å². The molecular formula is C14H20ClN5O4. The van der Waals surface area contributed by atoms with E-state index in [0.29, 0.717) is 24.1 Å². The number of nitrogen functional groups attached to an aromatic ring is 1. The maximum Gasteiger partial charge on any atom is 0.508 e. The van der Waals surface area contributed by atoms with Gasteiger partial charge in [-0.15, -0.1) is 0 Å². The lowest BCUT2D eigenvalue weighted by Gasteiger charge is -2.15. The van der Waals surface area contributed by atoms with E-state index in [1.807, 2.05) is 0 Å². The minimum absolute atomic E-state index is 0.0621. The third kappa shape index (κ3) is 4.68. The predicted molar refractivity (Wildman–Crippen MR) is 87.5 cm³/mol. The monoisotopic (exact) mass is 359 g/mol. The van der Waals surface area contributed by atoms with Crippen molar-refractivity contribution in [3.8, 4) is 0 Å². The van der Waals surface area contributed by atoms with E-state index in [1.165, 1.54) is 0 Å². The van der Waals surface area contributed by atoms with Crippen LogP contribution in [0.3, 0.4) is 0 Å². The van der Waals surface area contributed by atoms with Gasteiger partial charge in [-0.2, -0.15) is 9.97 Å². The van der Waals surface area contributed by atoms with E-state index in [-0.39, 0.29) is 36.3 Å². The Labute approximate surface area is 143 Å². The van der Waals surface area contributed by atoms with Gasteiger partial charge in [-0.25, -0.2) is 9.78 Å². The van der Waals surface area contributed by atoms with Crippen LogP contribution in [0.25, 0.3) is 11.2 Å². The summed E-state index contributed by atoms with van der Waals surface area (Å²) in [6.07, 6.45) is 1.12. The lowest BCUT2D eigenvalue weighted by Crippen LogP contribution is -2.21. The van der Waals surface area contributed by atoms with Crippen LogP contribution in [0.2, 0.25) is 5.15 Å². The summed E-state index contributed by atoms with van der Waals surface area (Å²) in [5, 5.41) is 9.62. The first-order valence-corrected chi connectivity index (χ1v) is 7.86. The highest BCUT2D eigenvalue weighted by molar-refractivity contribution is 6.33. The zero-order valence-corrected chi connectivity index (χ0v) is 14.2. The number of nitrogens with two attached hydrogens (primary N) is 1. The highest BCUT2D eigenvalue weighted by Crippen LogP contribution is 2.20. The van der Waals surface area contributed by atoms with Crippen molar-refractivity contribution in [2.24, 2.45) is 5.92 Å². The number of hydrogen-bond acceptors (Lipinski definition) is 8. The van der Waals surface area contributed by atoms with E-state index in [2.05, 4.69) is 15.0 Å². The van der Waals surface area contributed by atoms with Gasteiger partial charge in [0.2, 0.25) is 5.95 Å². The van der Waals surface area contributed by atoms with Gasteiger partial charge >= 0.3 is 6.16 Å². The molecule has 0 fully saturated rings. The summed E-state index contributed by atoms with van der Waals surface area (Å²) in [6.45, 7) is 3.89. The number of aliphatic hydroxyl groups is 1. The van der Waals surface area contributed by atoms with Crippen molar-refractivity contribution in [3.63, 3.8) is 0 Å². The first kappa shape index (κ1) is 18.2. The van der Waals surface area contributed by atoms with E-state index < -0.39 is 6.16 Å². The number of ether oxygens (including phenoxy) is 2. The van der Waals surface area contributed by atoms with Crippen LogP contribution in [-0.4, -0.2) is 50.1 Å². The second kappa shape index (κ2) is 8.11. The molecule has 10 heteroatoms. The number of halogens is 1. The number of anilines is 1. The number of aliphatic hydroxyl groups excluding tert-OH is 1. The number of carbonyl (C=O) groups excluding carboxylic acids is 1. The van der Waals surface area contributed by atoms with Crippen LogP contribution in [0.5, 0.6) is 0 Å². The van der Waals surface area contributed by atoms with Gasteiger partial charge in [0.1, 0.15) is 12.1 Å². The van der Waals surface area contributed by atoms with Crippen LogP contribution >= 0.6 is 11.6 Å². The summed E-state index contributed by atoms with van der Waals surface area (Å²) in [7, 11) is 0. The Bertz CT molecular complexity index is 706. The molecule has 0 saturated carbocycles. The lowest BCUT2D eigenvalue weighted by molar-refractivity contribution is 0.0179. The molecule has 24 heavy (non-hydrogen) atoms. The molecule has 2 rings (SSSR count). The largest absolute Gasteiger partial charge is 0.508 e. The Hall–Kier alpha value is -2.13. The lowest BCUT2D eigenvalue weighted by atomic mass is 10.2. The zero-order valence-electron chi connectivity index (χ0n) is 13.5. The van der Waals surface area contributed by atoms with Crippen LogP contribution in [0.4, 0.5) is 10.7 Å². The summed E-state index contributed by atoms with van der Waals surface area (Å²) in [5.74, 6) is -0.176. The molecule has 0 aromatic carbocycles. The van der Waals surface area contributed by atoms with Crippen molar-refractivity contribution in [2.45, 2.75) is 32.9 Å². The Morgan fingerprint density at radius 2 is 2.25 bits per heavy atom. The molecule has 0 aliphatic heterocycles. The third-order valence-corrected chi connectivity index (χ3v) is 3.51. The molecule has 0 bridgehead atoms. The number of fused-ring (bicyclic) bond motifs is 1. The van der Waals surface area contributed by atoms with Crippen LogP contribution in [0.15, 0.2) is 6.33 Å². The standard InChI is InChI=1S/C14H20ClN5O4/c1-8(2)24-14(22)23-6-9(5-21)3-4-20-7-17-10-11(15)18-13(16)19-12(10)20/h7-9,21H,3-6H2,1-2H3,(H2,16,18,19)/i5+2. The van der Waals surface area contributed by atoms with Gasteiger partial charge in [0.05, 0.1) is 12.4 Å². The second-order valence-electron chi connectivity index (χ2n) is 5.55. The maximum atomic E-state index is 11.4. The number of aryl methyl sites for hydroxylation is 1. The topological polar surface area (TPSA) is 125 Å². The molecule has 0 amide bonds. The van der Waals surface area contributed by atoms with E-state index in [4.69, 9.17) is 26.8 Å². The van der Waals surface area contributed by atoms with Gasteiger partial charge in [0.15, 0.2) is 10.8 Å². The predicted octanol–water partition coefficient (Wildman–Crippen LogP) is 1.62. The molecule has 0 saturated heterocycles. The molecule has 2 aromatic heterocycles. The van der Waals surface area contributed by atoms with Crippen molar-refractivity contribution in [1.82, 2.24) is 19.5 Å². The molecular weight excluding hydrogens is 340 g/mol. The molecule has 9 nitrogen and oxygen atoms in total. The van der Waals surface area contributed by atoms with Gasteiger partial charge in [-0.3, -0.25) is 0 Å². The summed E-state index contributed by atoms with van der Waals surface area (Å²) >= 11 is 5.97. The molecule has 0 radical (unpaired) electrons. The minimum Gasteiger partial charge on any atom is -0.434 e. The highest BCUT2D eigenvalue weighted by atomic mass is 35.5. The van der Waals surface area contributed by atoms with Crippen LogP contribution in [0, 0.1) is 5.92 Å². The fourth-order valence-corrected chi connectivity index (χ4v) is 2.27.